The van der Waals surface area contributed by atoms with Crippen molar-refractivity contribution in [2.75, 3.05) is 0 Å². The first-order valence-electron chi connectivity index (χ1n) is 0.855. The van der Waals surface area contributed by atoms with E-state index in [0.29, 0.717) is 0 Å². The van der Waals surface area contributed by atoms with Gasteiger partial charge in [0.2, 0.25) is 0 Å². The van der Waals surface area contributed by atoms with Crippen LogP contribution in [0.3, 0.4) is 0 Å². The molecular weight excluding hydrogens is 132 g/mol. The van der Waals surface area contributed by atoms with Gasteiger partial charge < -0.3 is 19.2 Å². The van der Waals surface area contributed by atoms with Crippen LogP contribution in [0.2, 0.25) is 0 Å². The molecule has 6 heavy (non-hydrogen) atoms. The molecule has 0 spiro atoms. The third-order valence-electron chi connectivity index (χ3n) is 0. The van der Waals surface area contributed by atoms with Crippen molar-refractivity contribution in [2.45, 2.75) is 0 Å². The maximum absolute atomic E-state index is 8.80. The molecule has 0 atom stereocenters. The first-order chi connectivity index (χ1) is 2.00. The maximum atomic E-state index is 8.80. The van der Waals surface area contributed by atoms with Crippen LogP contribution in [0.15, 0.2) is 0 Å². The second-order valence-electron chi connectivity index (χ2n) is 0.548. The Bertz CT molecular complexity index is 23.0. The Morgan fingerprint density at radius 2 is 1.17 bits per heavy atom. The Labute approximate surface area is 65.5 Å². The summed E-state index contributed by atoms with van der Waals surface area (Å²) in [5.41, 5.74) is 0. The van der Waals surface area contributed by atoms with Crippen LogP contribution in [0.25, 0.3) is 0 Å². The zero-order valence-corrected chi connectivity index (χ0v) is 6.13. The SMILES string of the molecule is [Ca+2].[O-][Si]([O-])(O)O. The fourth-order valence-corrected chi connectivity index (χ4v) is 0. The molecule has 0 saturated carbocycles. The van der Waals surface area contributed by atoms with E-state index in [4.69, 9.17) is 19.2 Å². The van der Waals surface area contributed by atoms with Gasteiger partial charge in [-0.25, -0.2) is 0 Å². The van der Waals surface area contributed by atoms with Crippen LogP contribution >= 0.6 is 0 Å². The van der Waals surface area contributed by atoms with Crippen LogP contribution < -0.4 is 9.59 Å². The van der Waals surface area contributed by atoms with E-state index < -0.39 is 9.05 Å². The smallest absolute Gasteiger partial charge is 0.828 e. The second-order valence-corrected chi connectivity index (χ2v) is 1.65. The first kappa shape index (κ1) is 10.3. The topological polar surface area (TPSA) is 86.6 Å². The zero-order valence-electron chi connectivity index (χ0n) is 2.92. The van der Waals surface area contributed by atoms with Crippen LogP contribution in [0.4, 0.5) is 0 Å². The largest absolute Gasteiger partial charge is 2.00 e. The fraction of sp³-hybridized carbons (Fsp3) is 0. The minimum absolute atomic E-state index is 0. The third-order valence-corrected chi connectivity index (χ3v) is 0. The van der Waals surface area contributed by atoms with Gasteiger partial charge in [-0.3, -0.25) is 0 Å². The average Bonchev–Trinajstić information content (AvgIpc) is 0.722. The van der Waals surface area contributed by atoms with E-state index in [0.717, 1.165) is 0 Å². The maximum Gasteiger partial charge on any atom is 2.00 e. The molecule has 0 radical (unpaired) electrons. The molecule has 6 heteroatoms. The Balaban J connectivity index is 0. The Morgan fingerprint density at radius 1 is 1.17 bits per heavy atom. The summed E-state index contributed by atoms with van der Waals surface area (Å²) in [7, 11) is -5.11. The number of hydrogen-bond acceptors (Lipinski definition) is 4. The van der Waals surface area contributed by atoms with Crippen molar-refractivity contribution < 1.29 is 19.2 Å². The van der Waals surface area contributed by atoms with Crippen LogP contribution in [-0.2, 0) is 0 Å². The Hall–Kier alpha value is 1.32. The van der Waals surface area contributed by atoms with Gasteiger partial charge in [0.1, 0.15) is 9.05 Å². The zero-order chi connectivity index (χ0) is 4.50. The molecule has 2 N–H and O–H groups in total. The fourth-order valence-electron chi connectivity index (χ4n) is 0. The number of rotatable bonds is 0. The molecule has 0 unspecified atom stereocenters. The molecule has 0 bridgehead atoms. The first-order valence-corrected chi connectivity index (χ1v) is 2.57. The molecular formula is H2CaO4Si. The van der Waals surface area contributed by atoms with Crippen LogP contribution in [0.5, 0.6) is 0 Å². The van der Waals surface area contributed by atoms with E-state index in [9.17, 15) is 0 Å². The van der Waals surface area contributed by atoms with Gasteiger partial charge in [0.05, 0.1) is 0 Å². The van der Waals surface area contributed by atoms with Gasteiger partial charge in [-0.15, -0.1) is 0 Å². The molecule has 0 aromatic heterocycles. The predicted octanol–water partition coefficient (Wildman–Crippen LogP) is -4.25. The molecule has 0 heterocycles. The van der Waals surface area contributed by atoms with Crippen LogP contribution in [0.1, 0.15) is 0 Å². The summed E-state index contributed by atoms with van der Waals surface area (Å²) in [6, 6.07) is 0. The van der Waals surface area contributed by atoms with Gasteiger partial charge in [0, 0.05) is 0 Å². The predicted molar refractivity (Wildman–Crippen MR) is 15.9 cm³/mol. The molecule has 0 fully saturated rings. The summed E-state index contributed by atoms with van der Waals surface area (Å²) < 4.78 is 0. The molecule has 4 nitrogen and oxygen atoms in total. The average molecular weight is 134 g/mol. The van der Waals surface area contributed by atoms with Gasteiger partial charge in [-0.05, 0) is 0 Å². The quantitative estimate of drug-likeness (QED) is 0.328. The van der Waals surface area contributed by atoms with Gasteiger partial charge in [0.25, 0.3) is 0 Å². The van der Waals surface area contributed by atoms with Gasteiger partial charge in [-0.1, -0.05) is 0 Å². The van der Waals surface area contributed by atoms with Gasteiger partial charge in [-0.2, -0.15) is 0 Å². The van der Waals surface area contributed by atoms with Crippen LogP contribution in [-0.4, -0.2) is 56.4 Å². The van der Waals surface area contributed by atoms with Crippen molar-refractivity contribution in [1.82, 2.24) is 0 Å². The molecule has 0 saturated heterocycles. The Morgan fingerprint density at radius 3 is 1.17 bits per heavy atom. The normalized spacial score (nSPS) is 10.0. The summed E-state index contributed by atoms with van der Waals surface area (Å²) in [5, 5.41) is 0. The summed E-state index contributed by atoms with van der Waals surface area (Å²) in [4.78, 5) is 31.8. The number of hydrogen-bond donors (Lipinski definition) is 2. The summed E-state index contributed by atoms with van der Waals surface area (Å²) in [6.07, 6.45) is 0. The molecule has 0 aliphatic carbocycles. The van der Waals surface area contributed by atoms with E-state index in [1.165, 1.54) is 0 Å². The van der Waals surface area contributed by atoms with E-state index in [2.05, 4.69) is 0 Å². The standard InChI is InChI=1S/Ca.H2O4Si/c;1-5(2,3)4/h;1-2H/q+2;-2. The van der Waals surface area contributed by atoms with Crippen molar-refractivity contribution in [3.8, 4) is 0 Å². The monoisotopic (exact) mass is 134 g/mol. The molecule has 0 aromatic rings. The molecule has 0 aliphatic rings. The third kappa shape index (κ3) is 57.1. The van der Waals surface area contributed by atoms with Crippen molar-refractivity contribution in [1.29, 1.82) is 0 Å². The van der Waals surface area contributed by atoms with Crippen molar-refractivity contribution in [2.24, 2.45) is 0 Å². The van der Waals surface area contributed by atoms with Crippen molar-refractivity contribution in [3.63, 3.8) is 0 Å². The van der Waals surface area contributed by atoms with E-state index in [1.807, 2.05) is 0 Å². The van der Waals surface area contributed by atoms with E-state index in [1.54, 1.807) is 0 Å². The molecule has 0 amide bonds. The van der Waals surface area contributed by atoms with Crippen LogP contribution in [0, 0.1) is 0 Å². The second kappa shape index (κ2) is 3.34. The van der Waals surface area contributed by atoms with E-state index in [-0.39, 0.29) is 37.7 Å². The van der Waals surface area contributed by atoms with Gasteiger partial charge in [0.15, 0.2) is 0 Å². The summed E-state index contributed by atoms with van der Waals surface area (Å²) >= 11 is 0. The van der Waals surface area contributed by atoms with E-state index >= 15 is 0 Å². The van der Waals surface area contributed by atoms with Crippen molar-refractivity contribution in [3.05, 3.63) is 0 Å². The van der Waals surface area contributed by atoms with Crippen molar-refractivity contribution >= 4 is 46.8 Å². The minimum Gasteiger partial charge on any atom is -0.828 e. The molecule has 0 aromatic carbocycles. The minimum atomic E-state index is -5.11. The summed E-state index contributed by atoms with van der Waals surface area (Å²) in [6.45, 7) is 0. The van der Waals surface area contributed by atoms with Gasteiger partial charge >= 0.3 is 37.7 Å². The Kier molecular flexibility index (Phi) is 5.74. The molecule has 0 aliphatic heterocycles. The molecule has 32 valence electrons. The summed E-state index contributed by atoms with van der Waals surface area (Å²) in [5.74, 6) is 0. The molecule has 0 rings (SSSR count).